The second-order valence-corrected chi connectivity index (χ2v) is 21.3. The maximum atomic E-state index is 14.0. The lowest BCUT2D eigenvalue weighted by molar-refractivity contribution is -0.112. The molecule has 1 saturated carbocycles. The number of anilines is 4. The zero-order valence-electron chi connectivity index (χ0n) is 41.8. The minimum Gasteiger partial charge on any atom is -0.367 e. The van der Waals surface area contributed by atoms with Gasteiger partial charge in [-0.2, -0.15) is 0 Å². The number of amides is 4. The topological polar surface area (TPSA) is 200 Å². The number of pyridine rings is 3. The summed E-state index contributed by atoms with van der Waals surface area (Å²) in [6.07, 6.45) is 16.6. The number of aryl methyl sites for hydroxylation is 2. The molecule has 74 heavy (non-hydrogen) atoms. The monoisotopic (exact) mass is 989 g/mol. The summed E-state index contributed by atoms with van der Waals surface area (Å²) in [5.41, 5.74) is 16.8. The van der Waals surface area contributed by atoms with Crippen LogP contribution in [0.4, 0.5) is 22.9 Å². The highest BCUT2D eigenvalue weighted by atomic mass is 16.2. The van der Waals surface area contributed by atoms with Gasteiger partial charge in [0.2, 0.25) is 11.8 Å². The number of H-pyrrole nitrogens is 2. The van der Waals surface area contributed by atoms with Crippen molar-refractivity contribution in [1.82, 2.24) is 45.4 Å². The number of carbonyl (C=O) groups is 4. The molecule has 0 radical (unpaired) electrons. The molecule has 2 saturated heterocycles. The van der Waals surface area contributed by atoms with Gasteiger partial charge in [0.1, 0.15) is 0 Å². The normalized spacial score (nSPS) is 19.6. The molecule has 4 aliphatic heterocycles. The molecule has 7 aliphatic rings. The Morgan fingerprint density at radius 3 is 1.96 bits per heavy atom. The molecule has 13 rings (SSSR count). The summed E-state index contributed by atoms with van der Waals surface area (Å²) in [5, 5.41) is 12.6. The third kappa shape index (κ3) is 8.23. The van der Waals surface area contributed by atoms with Crippen molar-refractivity contribution < 1.29 is 19.2 Å². The number of carbonyl (C=O) groups excluding carboxylic acids is 4. The highest BCUT2D eigenvalue weighted by Gasteiger charge is 2.49. The van der Waals surface area contributed by atoms with Gasteiger partial charge in [-0.25, -0.2) is 4.98 Å². The van der Waals surface area contributed by atoms with Gasteiger partial charge in [0.15, 0.2) is 5.82 Å². The summed E-state index contributed by atoms with van der Waals surface area (Å²) in [6.45, 7) is 10.5. The fraction of sp³-hybridized carbons (Fsp3) is 0.351. The minimum absolute atomic E-state index is 0.0385. The zero-order chi connectivity index (χ0) is 50.4. The first-order valence-electron chi connectivity index (χ1n) is 26.0. The number of aromatic amines is 2. The number of hydrogen-bond acceptors (Lipinski definition) is 11. The molecule has 1 spiro atoms. The van der Waals surface area contributed by atoms with Gasteiger partial charge in [0, 0.05) is 129 Å². The molecule has 4 amide bonds. The summed E-state index contributed by atoms with van der Waals surface area (Å²) in [7, 11) is 4.22. The fourth-order valence-electron chi connectivity index (χ4n) is 12.1. The first-order chi connectivity index (χ1) is 36.0. The van der Waals surface area contributed by atoms with Crippen molar-refractivity contribution in [3.8, 4) is 45.0 Å². The summed E-state index contributed by atoms with van der Waals surface area (Å²) in [5.74, 6) is -0.0401. The van der Waals surface area contributed by atoms with Gasteiger partial charge in [0.05, 0.1) is 57.0 Å². The van der Waals surface area contributed by atoms with Crippen molar-refractivity contribution in [2.75, 3.05) is 86.9 Å². The Morgan fingerprint density at radius 2 is 1.30 bits per heavy atom. The second kappa shape index (κ2) is 17.9. The fourth-order valence-corrected chi connectivity index (χ4v) is 12.1. The molecule has 1 aromatic carbocycles. The summed E-state index contributed by atoms with van der Waals surface area (Å²) < 4.78 is 0. The van der Waals surface area contributed by atoms with Crippen LogP contribution in [0.15, 0.2) is 79.8 Å². The predicted octanol–water partition coefficient (Wildman–Crippen LogP) is 5.69. The van der Waals surface area contributed by atoms with Crippen LogP contribution < -0.4 is 31.1 Å². The van der Waals surface area contributed by atoms with Crippen molar-refractivity contribution in [3.63, 3.8) is 0 Å². The second-order valence-electron chi connectivity index (χ2n) is 21.3. The van der Waals surface area contributed by atoms with Crippen LogP contribution >= 0.6 is 0 Å². The van der Waals surface area contributed by atoms with Crippen LogP contribution in [0.3, 0.4) is 0 Å². The smallest absolute Gasteiger partial charge is 0.253 e. The van der Waals surface area contributed by atoms with Gasteiger partial charge in [-0.15, -0.1) is 0 Å². The van der Waals surface area contributed by atoms with Gasteiger partial charge in [-0.05, 0) is 111 Å². The van der Waals surface area contributed by atoms with E-state index in [0.717, 1.165) is 175 Å². The van der Waals surface area contributed by atoms with E-state index < -0.39 is 6.04 Å². The SMILES string of the molecule is C=CC(=O)Nc1cc(-c2cc3c(cn2)CCc2c-3[nH]c3c2C(=O)NC(/C=C/C(=O)Nc2cc(-c4cc5c(cn4)CCc4c-5[nH]c5c4C(=O)NC4(CC4)C5)ccc2N2CCN(C)CC2)C3)cnc1N1CCN(C)CC1. The van der Waals surface area contributed by atoms with Crippen LogP contribution in [-0.4, -0.2) is 136 Å². The Morgan fingerprint density at radius 1 is 0.689 bits per heavy atom. The molecule has 6 aromatic rings. The zero-order valence-corrected chi connectivity index (χ0v) is 41.8. The van der Waals surface area contributed by atoms with Crippen LogP contribution in [0.25, 0.3) is 45.0 Å². The molecule has 6 N–H and O–H groups in total. The molecule has 1 atom stereocenters. The minimum atomic E-state index is -0.421. The number of rotatable bonds is 9. The molecular weight excluding hydrogens is 931 g/mol. The van der Waals surface area contributed by atoms with Crippen LogP contribution in [0, 0.1) is 0 Å². The van der Waals surface area contributed by atoms with Crippen molar-refractivity contribution in [2.24, 2.45) is 0 Å². The number of fused-ring (bicyclic) bond motifs is 10. The van der Waals surface area contributed by atoms with Crippen molar-refractivity contribution >= 4 is 46.5 Å². The van der Waals surface area contributed by atoms with Gasteiger partial charge in [0.25, 0.3) is 11.8 Å². The molecule has 3 fully saturated rings. The van der Waals surface area contributed by atoms with Gasteiger partial charge in [-0.1, -0.05) is 18.7 Å². The number of nitrogens with one attached hydrogen (secondary N) is 6. The first-order valence-corrected chi connectivity index (χ1v) is 26.0. The molecular formula is C57H59N13O4. The summed E-state index contributed by atoms with van der Waals surface area (Å²) in [4.78, 5) is 85.0. The van der Waals surface area contributed by atoms with Gasteiger partial charge < -0.3 is 50.8 Å². The van der Waals surface area contributed by atoms with Crippen molar-refractivity contribution in [2.45, 2.75) is 62.9 Å². The van der Waals surface area contributed by atoms with E-state index in [4.69, 9.17) is 15.0 Å². The Kier molecular flexibility index (Phi) is 11.1. The molecule has 17 nitrogen and oxygen atoms in total. The Labute approximate surface area is 428 Å². The average molecular weight is 990 g/mol. The molecule has 5 aromatic heterocycles. The quantitative estimate of drug-likeness (QED) is 0.0974. The maximum absolute atomic E-state index is 14.0. The number of aromatic nitrogens is 5. The van der Waals surface area contributed by atoms with Crippen LogP contribution in [0.2, 0.25) is 0 Å². The van der Waals surface area contributed by atoms with E-state index in [-0.39, 0.29) is 29.2 Å². The van der Waals surface area contributed by atoms with E-state index in [9.17, 15) is 19.2 Å². The van der Waals surface area contributed by atoms with E-state index in [2.05, 4.69) is 89.7 Å². The highest BCUT2D eigenvalue weighted by molar-refractivity contribution is 6.05. The van der Waals surface area contributed by atoms with Crippen LogP contribution in [-0.2, 0) is 48.1 Å². The van der Waals surface area contributed by atoms with E-state index >= 15 is 0 Å². The number of nitrogens with zero attached hydrogens (tertiary/aromatic N) is 7. The Bertz CT molecular complexity index is 3390. The number of likely N-dealkylation sites (N-methyl/N-ethyl adjacent to an activating group) is 2. The lowest BCUT2D eigenvalue weighted by Gasteiger charge is -2.35. The van der Waals surface area contributed by atoms with Crippen LogP contribution in [0.5, 0.6) is 0 Å². The first kappa shape index (κ1) is 45.9. The molecule has 0 bridgehead atoms. The number of hydrogen-bond donors (Lipinski definition) is 6. The maximum Gasteiger partial charge on any atom is 0.253 e. The lowest BCUT2D eigenvalue weighted by atomic mass is 9.87. The van der Waals surface area contributed by atoms with Gasteiger partial charge in [-0.3, -0.25) is 29.1 Å². The molecule has 9 heterocycles. The summed E-state index contributed by atoms with van der Waals surface area (Å²) >= 11 is 0. The largest absolute Gasteiger partial charge is 0.367 e. The van der Waals surface area contributed by atoms with E-state index in [1.165, 1.54) is 12.2 Å². The van der Waals surface area contributed by atoms with Gasteiger partial charge >= 0.3 is 0 Å². The number of benzene rings is 1. The Balaban J connectivity index is 0.750. The predicted molar refractivity (Wildman–Crippen MR) is 286 cm³/mol. The van der Waals surface area contributed by atoms with Crippen molar-refractivity contribution in [3.05, 3.63) is 125 Å². The average Bonchev–Trinajstić information content (AvgIpc) is 3.85. The van der Waals surface area contributed by atoms with E-state index in [1.807, 2.05) is 30.6 Å². The van der Waals surface area contributed by atoms with E-state index in [1.54, 1.807) is 12.3 Å². The molecule has 17 heteroatoms. The summed E-state index contributed by atoms with van der Waals surface area (Å²) in [6, 6.07) is 11.8. The van der Waals surface area contributed by atoms with E-state index in [0.29, 0.717) is 41.3 Å². The van der Waals surface area contributed by atoms with Crippen molar-refractivity contribution in [1.29, 1.82) is 0 Å². The third-order valence-electron chi connectivity index (χ3n) is 16.4. The highest BCUT2D eigenvalue weighted by Crippen LogP contribution is 2.46. The standard InChI is InChI=1S/C57H59N13O4/c1-4-48(71)63-45-24-35(31-60-54(45)70-21-17-68(3)18-22-70)42-27-40-34(30-59-42)5-9-37-50-44(64-52(37)40)25-36(61-55(50)73)8-12-49(72)62-43-23-32(7-11-47(43)69-19-15-67(2)16-20-69)41-26-39-33(29-58-41)6-10-38-51-46(65-53(38)39)28-57(13-14-57)66-56(51)74/h4,7-8,11-12,23-24,26-27,29-31,36,64-65H,1,5-6,9-10,13-22,25,28H2,2-3H3,(H,61,73)(H,62,72)(H,63,71)(H,66,74)/b12-8+. The molecule has 376 valence electrons. The number of piperazine rings is 2. The lowest BCUT2D eigenvalue weighted by Crippen LogP contribution is -2.45. The molecule has 3 aliphatic carbocycles. The van der Waals surface area contributed by atoms with Crippen LogP contribution in [0.1, 0.15) is 67.2 Å². The molecule has 1 unspecified atom stereocenters. The Hall–Kier alpha value is -7.89. The third-order valence-corrected chi connectivity index (χ3v) is 16.4.